The molecule has 0 spiro atoms. The molecular formula is C18H22ClN3O3S2. The summed E-state index contributed by atoms with van der Waals surface area (Å²) in [6, 6.07) is 9.90. The van der Waals surface area contributed by atoms with Gasteiger partial charge in [-0.15, -0.1) is 11.3 Å². The second-order valence-electron chi connectivity index (χ2n) is 6.54. The van der Waals surface area contributed by atoms with Crippen molar-refractivity contribution in [1.82, 2.24) is 9.62 Å². The quantitative estimate of drug-likeness (QED) is 0.742. The summed E-state index contributed by atoms with van der Waals surface area (Å²) < 4.78 is 27.8. The number of carbonyl (C=O) groups is 1. The van der Waals surface area contributed by atoms with Crippen LogP contribution >= 0.6 is 22.9 Å². The maximum atomic E-state index is 12.5. The third-order valence-electron chi connectivity index (χ3n) is 4.65. The van der Waals surface area contributed by atoms with E-state index >= 15 is 0 Å². The van der Waals surface area contributed by atoms with Gasteiger partial charge in [-0.3, -0.25) is 9.69 Å². The van der Waals surface area contributed by atoms with E-state index in [2.05, 4.69) is 14.9 Å². The van der Waals surface area contributed by atoms with Crippen molar-refractivity contribution >= 4 is 44.6 Å². The molecule has 1 aliphatic rings. The van der Waals surface area contributed by atoms with Crippen molar-refractivity contribution in [3.63, 3.8) is 0 Å². The molecule has 2 heterocycles. The van der Waals surface area contributed by atoms with E-state index in [1.807, 2.05) is 6.92 Å². The van der Waals surface area contributed by atoms with Crippen LogP contribution in [0.1, 0.15) is 19.8 Å². The smallest absolute Gasteiger partial charge is 0.250 e. The Kier molecular flexibility index (Phi) is 6.54. The van der Waals surface area contributed by atoms with Gasteiger partial charge >= 0.3 is 0 Å². The van der Waals surface area contributed by atoms with Crippen LogP contribution in [0.25, 0.3) is 0 Å². The summed E-state index contributed by atoms with van der Waals surface area (Å²) in [6.45, 7) is 3.18. The molecule has 9 heteroatoms. The highest BCUT2D eigenvalue weighted by molar-refractivity contribution is 7.91. The highest BCUT2D eigenvalue weighted by Crippen LogP contribution is 2.20. The van der Waals surface area contributed by atoms with Crippen LogP contribution in [0.15, 0.2) is 46.0 Å². The predicted octanol–water partition coefficient (Wildman–Crippen LogP) is 3.17. The molecule has 0 saturated carbocycles. The van der Waals surface area contributed by atoms with Crippen molar-refractivity contribution in [2.45, 2.75) is 36.1 Å². The van der Waals surface area contributed by atoms with Gasteiger partial charge in [-0.05, 0) is 55.5 Å². The third-order valence-corrected chi connectivity index (χ3v) is 7.82. The Morgan fingerprint density at radius 3 is 2.48 bits per heavy atom. The predicted molar refractivity (Wildman–Crippen MR) is 109 cm³/mol. The number of nitrogens with one attached hydrogen (secondary N) is 2. The van der Waals surface area contributed by atoms with Gasteiger partial charge in [0.2, 0.25) is 15.9 Å². The number of likely N-dealkylation sites (tertiary alicyclic amines) is 1. The highest BCUT2D eigenvalue weighted by Gasteiger charge is 2.29. The molecule has 1 amide bonds. The Bertz CT molecular complexity index is 862. The molecule has 2 aromatic rings. The number of sulfonamides is 1. The fourth-order valence-electron chi connectivity index (χ4n) is 3.04. The van der Waals surface area contributed by atoms with Gasteiger partial charge in [-0.25, -0.2) is 13.1 Å². The molecule has 6 nitrogen and oxygen atoms in total. The van der Waals surface area contributed by atoms with Crippen LogP contribution in [0, 0.1) is 0 Å². The second kappa shape index (κ2) is 8.70. The van der Waals surface area contributed by atoms with E-state index < -0.39 is 10.0 Å². The van der Waals surface area contributed by atoms with Gasteiger partial charge in [-0.2, -0.15) is 0 Å². The van der Waals surface area contributed by atoms with Crippen LogP contribution in [0.4, 0.5) is 5.69 Å². The monoisotopic (exact) mass is 427 g/mol. The van der Waals surface area contributed by atoms with E-state index in [4.69, 9.17) is 11.6 Å². The van der Waals surface area contributed by atoms with E-state index in [1.165, 1.54) is 11.3 Å². The highest BCUT2D eigenvalue weighted by atomic mass is 35.5. The molecule has 1 aromatic heterocycles. The Balaban J connectivity index is 1.51. The fourth-order valence-corrected chi connectivity index (χ4v) is 5.48. The van der Waals surface area contributed by atoms with Gasteiger partial charge in [-0.1, -0.05) is 17.7 Å². The first-order chi connectivity index (χ1) is 12.8. The number of benzene rings is 1. The summed E-state index contributed by atoms with van der Waals surface area (Å²) >= 11 is 7.06. The average Bonchev–Trinajstić information content (AvgIpc) is 3.19. The van der Waals surface area contributed by atoms with Crippen LogP contribution in [0.3, 0.4) is 0 Å². The topological polar surface area (TPSA) is 78.5 Å². The Morgan fingerprint density at radius 1 is 1.22 bits per heavy atom. The standard InChI is InChI=1S/C18H22ClN3O3S2/c1-13(18(23)20-15-6-4-14(19)5-7-15)22-10-8-16(9-11-22)21-27(24,25)17-3-2-12-26-17/h2-7,12-13,16,21H,8-11H2,1H3,(H,20,23)/t13-/m0/s1. The van der Waals surface area contributed by atoms with Crippen LogP contribution in [0.5, 0.6) is 0 Å². The zero-order valence-corrected chi connectivity index (χ0v) is 17.3. The molecule has 146 valence electrons. The number of piperidine rings is 1. The molecule has 0 bridgehead atoms. The van der Waals surface area contributed by atoms with E-state index in [9.17, 15) is 13.2 Å². The average molecular weight is 428 g/mol. The van der Waals surface area contributed by atoms with Gasteiger partial charge in [0.25, 0.3) is 0 Å². The first-order valence-corrected chi connectivity index (χ1v) is 11.5. The van der Waals surface area contributed by atoms with Crippen LogP contribution in [-0.2, 0) is 14.8 Å². The van der Waals surface area contributed by atoms with Gasteiger partial charge in [0.05, 0.1) is 6.04 Å². The minimum Gasteiger partial charge on any atom is -0.325 e. The van der Waals surface area contributed by atoms with Crippen molar-refractivity contribution in [3.05, 3.63) is 46.8 Å². The molecule has 1 atom stereocenters. The molecule has 27 heavy (non-hydrogen) atoms. The molecular weight excluding hydrogens is 406 g/mol. The third kappa shape index (κ3) is 5.30. The normalized spacial score (nSPS) is 17.6. The summed E-state index contributed by atoms with van der Waals surface area (Å²) in [6.07, 6.45) is 1.34. The van der Waals surface area contributed by atoms with E-state index in [0.717, 1.165) is 0 Å². The lowest BCUT2D eigenvalue weighted by Gasteiger charge is -2.35. The van der Waals surface area contributed by atoms with Crippen molar-refractivity contribution < 1.29 is 13.2 Å². The van der Waals surface area contributed by atoms with Crippen molar-refractivity contribution in [1.29, 1.82) is 0 Å². The number of nitrogens with zero attached hydrogens (tertiary/aromatic N) is 1. The number of rotatable bonds is 6. The SMILES string of the molecule is C[C@@H](C(=O)Nc1ccc(Cl)cc1)N1CCC(NS(=O)(=O)c2cccs2)CC1. The van der Waals surface area contributed by atoms with Crippen LogP contribution in [-0.4, -0.2) is 44.4 Å². The lowest BCUT2D eigenvalue weighted by molar-refractivity contribution is -0.121. The molecule has 1 aliphatic heterocycles. The van der Waals surface area contributed by atoms with Crippen molar-refractivity contribution in [3.8, 4) is 0 Å². The second-order valence-corrected chi connectivity index (χ2v) is 9.86. The minimum atomic E-state index is -3.45. The number of amides is 1. The summed E-state index contributed by atoms with van der Waals surface area (Å²) in [5, 5.41) is 5.25. The first kappa shape index (κ1) is 20.3. The van der Waals surface area contributed by atoms with Gasteiger partial charge in [0, 0.05) is 29.8 Å². The fraction of sp³-hybridized carbons (Fsp3) is 0.389. The molecule has 3 rings (SSSR count). The Morgan fingerprint density at radius 2 is 1.89 bits per heavy atom. The molecule has 1 aromatic carbocycles. The van der Waals surface area contributed by atoms with Crippen LogP contribution in [0.2, 0.25) is 5.02 Å². The molecule has 1 fully saturated rings. The number of anilines is 1. The number of hydrogen-bond donors (Lipinski definition) is 2. The molecule has 0 radical (unpaired) electrons. The zero-order valence-electron chi connectivity index (χ0n) is 14.9. The number of halogens is 1. The van der Waals surface area contributed by atoms with E-state index in [0.29, 0.717) is 40.9 Å². The largest absolute Gasteiger partial charge is 0.325 e. The molecule has 1 saturated heterocycles. The van der Waals surface area contributed by atoms with Crippen molar-refractivity contribution in [2.75, 3.05) is 18.4 Å². The van der Waals surface area contributed by atoms with Crippen LogP contribution < -0.4 is 10.0 Å². The summed E-state index contributed by atoms with van der Waals surface area (Å²) in [7, 11) is -3.45. The van der Waals surface area contributed by atoms with Gasteiger partial charge in [0.1, 0.15) is 4.21 Å². The van der Waals surface area contributed by atoms with Gasteiger partial charge < -0.3 is 5.32 Å². The lowest BCUT2D eigenvalue weighted by atomic mass is 10.0. The molecule has 0 unspecified atom stereocenters. The molecule has 2 N–H and O–H groups in total. The summed E-state index contributed by atoms with van der Waals surface area (Å²) in [5.41, 5.74) is 0.704. The Labute approximate surface area is 168 Å². The summed E-state index contributed by atoms with van der Waals surface area (Å²) in [5.74, 6) is -0.0880. The number of carbonyl (C=O) groups excluding carboxylic acids is 1. The van der Waals surface area contributed by atoms with Crippen molar-refractivity contribution in [2.24, 2.45) is 0 Å². The number of thiophene rings is 1. The van der Waals surface area contributed by atoms with E-state index in [-0.39, 0.29) is 18.0 Å². The molecule has 0 aliphatic carbocycles. The first-order valence-electron chi connectivity index (χ1n) is 8.71. The number of hydrogen-bond acceptors (Lipinski definition) is 5. The zero-order chi connectivity index (χ0) is 19.4. The lowest BCUT2D eigenvalue weighted by Crippen LogP contribution is -2.50. The maximum Gasteiger partial charge on any atom is 0.250 e. The van der Waals surface area contributed by atoms with E-state index in [1.54, 1.807) is 41.8 Å². The summed E-state index contributed by atoms with van der Waals surface area (Å²) in [4.78, 5) is 14.5. The minimum absolute atomic E-state index is 0.0880. The van der Waals surface area contributed by atoms with Gasteiger partial charge in [0.15, 0.2) is 0 Å². The maximum absolute atomic E-state index is 12.5. The Hall–Kier alpha value is -1.45.